The molecule has 3 heteroatoms. The Bertz CT molecular complexity index is 450. The number of methoxy groups -OCH3 is 1. The molecule has 0 bridgehead atoms. The lowest BCUT2D eigenvalue weighted by Gasteiger charge is -2.12. The van der Waals surface area contributed by atoms with Crippen molar-refractivity contribution in [1.82, 2.24) is 5.32 Å². The second-order valence-corrected chi connectivity index (χ2v) is 5.27. The summed E-state index contributed by atoms with van der Waals surface area (Å²) in [7, 11) is 1.69. The molecule has 1 atom stereocenters. The van der Waals surface area contributed by atoms with Crippen molar-refractivity contribution in [2.24, 2.45) is 0 Å². The smallest absolute Gasteiger partial charge is 0.118 e. The van der Waals surface area contributed by atoms with Gasteiger partial charge in [-0.25, -0.2) is 0 Å². The molecule has 0 saturated carbocycles. The molecule has 1 N–H and O–H groups in total. The van der Waals surface area contributed by atoms with Gasteiger partial charge >= 0.3 is 0 Å². The standard InChI is InChI=1S/C15H19NOS/c1-12(15-4-3-11-18-15)16-10-9-13-5-7-14(17-2)8-6-13/h3-8,11-12,16H,9-10H2,1-2H3/t12-/m1/s1. The van der Waals surface area contributed by atoms with Gasteiger partial charge in [-0.1, -0.05) is 18.2 Å². The predicted octanol–water partition coefficient (Wildman–Crippen LogP) is 3.65. The molecule has 0 amide bonds. The highest BCUT2D eigenvalue weighted by atomic mass is 32.1. The quantitative estimate of drug-likeness (QED) is 0.857. The molecule has 1 heterocycles. The van der Waals surface area contributed by atoms with Gasteiger partial charge in [-0.05, 0) is 49.0 Å². The zero-order valence-corrected chi connectivity index (χ0v) is 11.7. The van der Waals surface area contributed by atoms with Crippen molar-refractivity contribution in [2.75, 3.05) is 13.7 Å². The molecule has 1 aromatic heterocycles. The Morgan fingerprint density at radius 2 is 2.00 bits per heavy atom. The van der Waals surface area contributed by atoms with Crippen molar-refractivity contribution < 1.29 is 4.74 Å². The Labute approximate surface area is 113 Å². The van der Waals surface area contributed by atoms with E-state index in [0.717, 1.165) is 18.7 Å². The molecule has 0 radical (unpaired) electrons. The number of rotatable bonds is 6. The molecule has 0 spiro atoms. The number of nitrogens with one attached hydrogen (secondary N) is 1. The molecular formula is C15H19NOS. The van der Waals surface area contributed by atoms with E-state index in [0.29, 0.717) is 6.04 Å². The lowest BCUT2D eigenvalue weighted by molar-refractivity contribution is 0.414. The van der Waals surface area contributed by atoms with E-state index in [4.69, 9.17) is 4.74 Å². The van der Waals surface area contributed by atoms with Gasteiger partial charge in [0, 0.05) is 10.9 Å². The topological polar surface area (TPSA) is 21.3 Å². The second-order valence-electron chi connectivity index (χ2n) is 4.29. The van der Waals surface area contributed by atoms with Crippen LogP contribution in [-0.2, 0) is 6.42 Å². The van der Waals surface area contributed by atoms with Crippen molar-refractivity contribution in [1.29, 1.82) is 0 Å². The van der Waals surface area contributed by atoms with E-state index in [1.807, 2.05) is 12.1 Å². The van der Waals surface area contributed by atoms with E-state index in [-0.39, 0.29) is 0 Å². The maximum Gasteiger partial charge on any atom is 0.118 e. The molecule has 0 aliphatic rings. The van der Waals surface area contributed by atoms with E-state index in [2.05, 4.69) is 41.9 Å². The molecule has 0 unspecified atom stereocenters. The van der Waals surface area contributed by atoms with E-state index in [1.165, 1.54) is 10.4 Å². The first-order chi connectivity index (χ1) is 8.79. The fourth-order valence-electron chi connectivity index (χ4n) is 1.86. The Kier molecular flexibility index (Phi) is 4.79. The number of benzene rings is 1. The van der Waals surface area contributed by atoms with Gasteiger partial charge < -0.3 is 10.1 Å². The zero-order chi connectivity index (χ0) is 12.8. The minimum Gasteiger partial charge on any atom is -0.497 e. The highest BCUT2D eigenvalue weighted by Crippen LogP contribution is 2.18. The molecular weight excluding hydrogens is 242 g/mol. The highest BCUT2D eigenvalue weighted by molar-refractivity contribution is 7.10. The van der Waals surface area contributed by atoms with Crippen LogP contribution in [0.2, 0.25) is 0 Å². The van der Waals surface area contributed by atoms with Crippen LogP contribution >= 0.6 is 11.3 Å². The summed E-state index contributed by atoms with van der Waals surface area (Å²) in [6.45, 7) is 3.20. The first-order valence-electron chi connectivity index (χ1n) is 6.19. The van der Waals surface area contributed by atoms with E-state index >= 15 is 0 Å². The van der Waals surface area contributed by atoms with Gasteiger partial charge in [-0.3, -0.25) is 0 Å². The van der Waals surface area contributed by atoms with E-state index in [1.54, 1.807) is 18.4 Å². The molecule has 0 aliphatic heterocycles. The maximum absolute atomic E-state index is 5.15. The van der Waals surface area contributed by atoms with Crippen LogP contribution in [0.1, 0.15) is 23.4 Å². The highest BCUT2D eigenvalue weighted by Gasteiger charge is 2.04. The summed E-state index contributed by atoms with van der Waals surface area (Å²) < 4.78 is 5.15. The molecule has 0 saturated heterocycles. The van der Waals surface area contributed by atoms with Crippen LogP contribution in [0.4, 0.5) is 0 Å². The Balaban J connectivity index is 1.77. The van der Waals surface area contributed by atoms with Gasteiger partial charge in [0.05, 0.1) is 7.11 Å². The molecule has 96 valence electrons. The molecule has 0 fully saturated rings. The van der Waals surface area contributed by atoms with Crippen LogP contribution in [0, 0.1) is 0 Å². The van der Waals surface area contributed by atoms with Gasteiger partial charge in [0.15, 0.2) is 0 Å². The number of ether oxygens (including phenoxy) is 1. The summed E-state index contributed by atoms with van der Waals surface area (Å²) in [5.41, 5.74) is 1.33. The van der Waals surface area contributed by atoms with Crippen molar-refractivity contribution >= 4 is 11.3 Å². The molecule has 0 aliphatic carbocycles. The molecule has 1 aromatic carbocycles. The molecule has 2 aromatic rings. The Hall–Kier alpha value is -1.32. The van der Waals surface area contributed by atoms with Crippen LogP contribution in [0.25, 0.3) is 0 Å². The van der Waals surface area contributed by atoms with Crippen LogP contribution in [0.5, 0.6) is 5.75 Å². The lowest BCUT2D eigenvalue weighted by atomic mass is 10.1. The largest absolute Gasteiger partial charge is 0.497 e. The summed E-state index contributed by atoms with van der Waals surface area (Å²) >= 11 is 1.80. The average Bonchev–Trinajstić information content (AvgIpc) is 2.93. The van der Waals surface area contributed by atoms with Crippen LogP contribution in [0.3, 0.4) is 0 Å². The van der Waals surface area contributed by atoms with Crippen molar-refractivity contribution in [2.45, 2.75) is 19.4 Å². The fourth-order valence-corrected chi connectivity index (χ4v) is 2.62. The number of hydrogen-bond donors (Lipinski definition) is 1. The molecule has 2 rings (SSSR count). The normalized spacial score (nSPS) is 12.3. The van der Waals surface area contributed by atoms with Gasteiger partial charge in [-0.15, -0.1) is 11.3 Å². The Morgan fingerprint density at radius 1 is 1.22 bits per heavy atom. The molecule has 18 heavy (non-hydrogen) atoms. The summed E-state index contributed by atoms with van der Waals surface area (Å²) in [5, 5.41) is 5.66. The monoisotopic (exact) mass is 261 g/mol. The van der Waals surface area contributed by atoms with Gasteiger partial charge in [0.1, 0.15) is 5.75 Å². The SMILES string of the molecule is COc1ccc(CCN[C@H](C)c2cccs2)cc1. The van der Waals surface area contributed by atoms with Crippen LogP contribution in [-0.4, -0.2) is 13.7 Å². The van der Waals surface area contributed by atoms with Crippen molar-refractivity contribution in [3.8, 4) is 5.75 Å². The number of hydrogen-bond acceptors (Lipinski definition) is 3. The minimum atomic E-state index is 0.434. The van der Waals surface area contributed by atoms with Crippen molar-refractivity contribution in [3.05, 3.63) is 52.2 Å². The summed E-state index contributed by atoms with van der Waals surface area (Å²) in [5.74, 6) is 0.915. The third kappa shape index (κ3) is 3.59. The second kappa shape index (κ2) is 6.57. The van der Waals surface area contributed by atoms with Gasteiger partial charge in [-0.2, -0.15) is 0 Å². The van der Waals surface area contributed by atoms with Gasteiger partial charge in [0.2, 0.25) is 0 Å². The lowest BCUT2D eigenvalue weighted by Crippen LogP contribution is -2.20. The summed E-state index contributed by atoms with van der Waals surface area (Å²) in [4.78, 5) is 1.39. The third-order valence-corrected chi connectivity index (χ3v) is 4.05. The minimum absolute atomic E-state index is 0.434. The third-order valence-electron chi connectivity index (χ3n) is 2.99. The predicted molar refractivity (Wildman–Crippen MR) is 77.4 cm³/mol. The summed E-state index contributed by atoms with van der Waals surface area (Å²) in [6, 6.07) is 13.0. The zero-order valence-electron chi connectivity index (χ0n) is 10.8. The van der Waals surface area contributed by atoms with Gasteiger partial charge in [0.25, 0.3) is 0 Å². The molecule has 2 nitrogen and oxygen atoms in total. The van der Waals surface area contributed by atoms with Crippen LogP contribution in [0.15, 0.2) is 41.8 Å². The number of thiophene rings is 1. The Morgan fingerprint density at radius 3 is 2.61 bits per heavy atom. The average molecular weight is 261 g/mol. The van der Waals surface area contributed by atoms with E-state index in [9.17, 15) is 0 Å². The van der Waals surface area contributed by atoms with Crippen molar-refractivity contribution in [3.63, 3.8) is 0 Å². The van der Waals surface area contributed by atoms with Crippen LogP contribution < -0.4 is 10.1 Å². The van der Waals surface area contributed by atoms with E-state index < -0.39 is 0 Å². The maximum atomic E-state index is 5.15. The first-order valence-corrected chi connectivity index (χ1v) is 7.07. The fraction of sp³-hybridized carbons (Fsp3) is 0.333. The first kappa shape index (κ1) is 13.1. The summed E-state index contributed by atoms with van der Waals surface area (Å²) in [6.07, 6.45) is 1.04.